The minimum Gasteiger partial charge on any atom is -0.462 e. The maximum absolute atomic E-state index is 11.8. The molecule has 4 heteroatoms. The number of amides is 1. The molecule has 2 rings (SSSR count). The quantitative estimate of drug-likeness (QED) is 0.856. The van der Waals surface area contributed by atoms with Crippen LogP contribution in [0.15, 0.2) is 47.2 Å². The minimum absolute atomic E-state index is 0.0570. The summed E-state index contributed by atoms with van der Waals surface area (Å²) in [5.74, 6) is 1.34. The fourth-order valence-electron chi connectivity index (χ4n) is 1.70. The maximum atomic E-state index is 11.8. The molecule has 1 N–H and O–H groups in total. The number of aromatic nitrogens is 1. The van der Waals surface area contributed by atoms with Crippen LogP contribution in [0.4, 0.5) is 0 Å². The minimum atomic E-state index is -0.154. The SMILES string of the molecule is Cc1ccc(/C=C/C(=O)NC(C)c2ccncc2)o1. The van der Waals surface area contributed by atoms with E-state index in [1.165, 1.54) is 6.08 Å². The van der Waals surface area contributed by atoms with Gasteiger partial charge >= 0.3 is 0 Å². The summed E-state index contributed by atoms with van der Waals surface area (Å²) in [6.07, 6.45) is 6.54. The molecule has 2 aromatic rings. The molecular weight excluding hydrogens is 240 g/mol. The molecule has 0 fully saturated rings. The molecule has 1 atom stereocenters. The lowest BCUT2D eigenvalue weighted by molar-refractivity contribution is -0.117. The first-order valence-electron chi connectivity index (χ1n) is 6.10. The molecule has 2 heterocycles. The van der Waals surface area contributed by atoms with Crippen molar-refractivity contribution in [1.82, 2.24) is 10.3 Å². The van der Waals surface area contributed by atoms with E-state index in [2.05, 4.69) is 10.3 Å². The number of furan rings is 1. The number of nitrogens with one attached hydrogen (secondary N) is 1. The maximum Gasteiger partial charge on any atom is 0.244 e. The molecule has 0 bridgehead atoms. The summed E-state index contributed by atoms with van der Waals surface area (Å²) in [6, 6.07) is 7.39. The number of nitrogens with zero attached hydrogens (tertiary/aromatic N) is 1. The molecular formula is C15H16N2O2. The number of carbonyl (C=O) groups excluding carboxylic acids is 1. The van der Waals surface area contributed by atoms with E-state index < -0.39 is 0 Å². The predicted molar refractivity (Wildman–Crippen MR) is 73.3 cm³/mol. The Morgan fingerprint density at radius 3 is 2.68 bits per heavy atom. The fraction of sp³-hybridized carbons (Fsp3) is 0.200. The van der Waals surface area contributed by atoms with Crippen molar-refractivity contribution in [2.75, 3.05) is 0 Å². The third-order valence-corrected chi connectivity index (χ3v) is 2.72. The highest BCUT2D eigenvalue weighted by molar-refractivity contribution is 5.91. The second-order valence-corrected chi connectivity index (χ2v) is 4.29. The van der Waals surface area contributed by atoms with Crippen LogP contribution >= 0.6 is 0 Å². The molecule has 0 spiro atoms. The molecule has 0 aliphatic rings. The molecule has 1 unspecified atom stereocenters. The summed E-state index contributed by atoms with van der Waals surface area (Å²) in [6.45, 7) is 3.79. The van der Waals surface area contributed by atoms with Gasteiger partial charge in [0.2, 0.25) is 5.91 Å². The molecule has 0 saturated heterocycles. The van der Waals surface area contributed by atoms with Crippen molar-refractivity contribution in [3.8, 4) is 0 Å². The number of rotatable bonds is 4. The molecule has 4 nitrogen and oxygen atoms in total. The molecule has 0 aliphatic carbocycles. The Labute approximate surface area is 112 Å². The van der Waals surface area contributed by atoms with Crippen LogP contribution in [-0.2, 0) is 4.79 Å². The summed E-state index contributed by atoms with van der Waals surface area (Å²) in [4.78, 5) is 15.7. The second-order valence-electron chi connectivity index (χ2n) is 4.29. The van der Waals surface area contributed by atoms with Gasteiger partial charge in [-0.25, -0.2) is 0 Å². The lowest BCUT2D eigenvalue weighted by Crippen LogP contribution is -2.24. The molecule has 0 aromatic carbocycles. The average Bonchev–Trinajstić information content (AvgIpc) is 2.83. The van der Waals surface area contributed by atoms with E-state index in [4.69, 9.17) is 4.42 Å². The Hall–Kier alpha value is -2.36. The molecule has 0 radical (unpaired) electrons. The van der Waals surface area contributed by atoms with Gasteiger partial charge in [-0.05, 0) is 49.8 Å². The van der Waals surface area contributed by atoms with Crippen molar-refractivity contribution in [2.24, 2.45) is 0 Å². The van der Waals surface area contributed by atoms with Gasteiger partial charge in [0.05, 0.1) is 6.04 Å². The van der Waals surface area contributed by atoms with Crippen LogP contribution < -0.4 is 5.32 Å². The van der Waals surface area contributed by atoms with Crippen molar-refractivity contribution in [2.45, 2.75) is 19.9 Å². The number of carbonyl (C=O) groups is 1. The van der Waals surface area contributed by atoms with Crippen LogP contribution in [-0.4, -0.2) is 10.9 Å². The zero-order chi connectivity index (χ0) is 13.7. The Morgan fingerprint density at radius 2 is 2.05 bits per heavy atom. The largest absolute Gasteiger partial charge is 0.462 e. The van der Waals surface area contributed by atoms with Gasteiger partial charge in [0.25, 0.3) is 0 Å². The van der Waals surface area contributed by atoms with Crippen molar-refractivity contribution < 1.29 is 9.21 Å². The Morgan fingerprint density at radius 1 is 1.32 bits per heavy atom. The fourth-order valence-corrected chi connectivity index (χ4v) is 1.70. The van der Waals surface area contributed by atoms with Crippen LogP contribution in [0.3, 0.4) is 0 Å². The zero-order valence-electron chi connectivity index (χ0n) is 11.0. The van der Waals surface area contributed by atoms with Gasteiger partial charge < -0.3 is 9.73 Å². The zero-order valence-corrected chi connectivity index (χ0v) is 11.0. The summed E-state index contributed by atoms with van der Waals surface area (Å²) in [5, 5.41) is 2.88. The lowest BCUT2D eigenvalue weighted by Gasteiger charge is -2.12. The van der Waals surface area contributed by atoms with Crippen molar-refractivity contribution >= 4 is 12.0 Å². The number of hydrogen-bond acceptors (Lipinski definition) is 3. The van der Waals surface area contributed by atoms with Gasteiger partial charge in [0.15, 0.2) is 0 Å². The van der Waals surface area contributed by atoms with Crippen molar-refractivity contribution in [1.29, 1.82) is 0 Å². The van der Waals surface area contributed by atoms with Gasteiger partial charge in [-0.15, -0.1) is 0 Å². The predicted octanol–water partition coefficient (Wildman–Crippen LogP) is 2.87. The third kappa shape index (κ3) is 3.81. The van der Waals surface area contributed by atoms with Gasteiger partial charge in [0.1, 0.15) is 11.5 Å². The van der Waals surface area contributed by atoms with Crippen LogP contribution in [0.1, 0.15) is 30.0 Å². The topological polar surface area (TPSA) is 55.1 Å². The smallest absolute Gasteiger partial charge is 0.244 e. The van der Waals surface area contributed by atoms with E-state index in [0.29, 0.717) is 5.76 Å². The van der Waals surface area contributed by atoms with Crippen LogP contribution in [0, 0.1) is 6.92 Å². The summed E-state index contributed by atoms with van der Waals surface area (Å²) < 4.78 is 5.35. The van der Waals surface area contributed by atoms with Gasteiger partial charge in [-0.3, -0.25) is 9.78 Å². The van der Waals surface area contributed by atoms with Crippen LogP contribution in [0.25, 0.3) is 6.08 Å². The third-order valence-electron chi connectivity index (χ3n) is 2.72. The summed E-state index contributed by atoms with van der Waals surface area (Å²) >= 11 is 0. The van der Waals surface area contributed by atoms with E-state index in [-0.39, 0.29) is 11.9 Å². The van der Waals surface area contributed by atoms with E-state index in [1.807, 2.05) is 38.1 Å². The summed E-state index contributed by atoms with van der Waals surface area (Å²) in [7, 11) is 0. The highest BCUT2D eigenvalue weighted by Crippen LogP contribution is 2.11. The lowest BCUT2D eigenvalue weighted by atomic mass is 10.1. The normalized spacial score (nSPS) is 12.5. The first kappa shape index (κ1) is 13.1. The highest BCUT2D eigenvalue weighted by Gasteiger charge is 2.06. The summed E-state index contributed by atoms with van der Waals surface area (Å²) in [5.41, 5.74) is 1.02. The number of pyridine rings is 1. The highest BCUT2D eigenvalue weighted by atomic mass is 16.3. The standard InChI is InChI=1S/C15H16N2O2/c1-11-3-4-14(19-11)5-6-15(18)17-12(2)13-7-9-16-10-8-13/h3-10,12H,1-2H3,(H,17,18)/b6-5+. The monoisotopic (exact) mass is 256 g/mol. The van der Waals surface area contributed by atoms with Crippen LogP contribution in [0.2, 0.25) is 0 Å². The van der Waals surface area contributed by atoms with Crippen molar-refractivity contribution in [3.63, 3.8) is 0 Å². The van der Waals surface area contributed by atoms with Gasteiger partial charge in [0, 0.05) is 18.5 Å². The first-order chi connectivity index (χ1) is 9.15. The van der Waals surface area contributed by atoms with E-state index in [0.717, 1.165) is 11.3 Å². The molecule has 2 aromatic heterocycles. The molecule has 0 saturated carbocycles. The van der Waals surface area contributed by atoms with Gasteiger partial charge in [-0.1, -0.05) is 0 Å². The number of aryl methyl sites for hydroxylation is 1. The first-order valence-corrected chi connectivity index (χ1v) is 6.10. The number of hydrogen-bond donors (Lipinski definition) is 1. The molecule has 1 amide bonds. The van der Waals surface area contributed by atoms with Crippen molar-refractivity contribution in [3.05, 3.63) is 59.8 Å². The Bertz CT molecular complexity index is 573. The van der Waals surface area contributed by atoms with Gasteiger partial charge in [-0.2, -0.15) is 0 Å². The van der Waals surface area contributed by atoms with Crippen LogP contribution in [0.5, 0.6) is 0 Å². The molecule has 98 valence electrons. The Kier molecular flexibility index (Phi) is 4.13. The molecule has 19 heavy (non-hydrogen) atoms. The van der Waals surface area contributed by atoms with E-state index >= 15 is 0 Å². The van der Waals surface area contributed by atoms with E-state index in [1.54, 1.807) is 18.5 Å². The second kappa shape index (κ2) is 6.00. The molecule has 0 aliphatic heterocycles. The average molecular weight is 256 g/mol. The van der Waals surface area contributed by atoms with E-state index in [9.17, 15) is 4.79 Å². The Balaban J connectivity index is 1.93.